The second kappa shape index (κ2) is 7.79. The first-order valence-corrected chi connectivity index (χ1v) is 10.3. The van der Waals surface area contributed by atoms with Crippen LogP contribution in [0.2, 0.25) is 5.02 Å². The maximum absolute atomic E-state index is 13.0. The molecule has 11 heteroatoms. The number of carbonyl (C=O) groups is 3. The van der Waals surface area contributed by atoms with Crippen LogP contribution in [0.25, 0.3) is 0 Å². The zero-order valence-corrected chi connectivity index (χ0v) is 17.7. The van der Waals surface area contributed by atoms with E-state index in [-0.39, 0.29) is 6.54 Å². The summed E-state index contributed by atoms with van der Waals surface area (Å²) in [6, 6.07) is 8.02. The molecule has 0 bridgehead atoms. The van der Waals surface area contributed by atoms with Crippen LogP contribution >= 0.6 is 11.6 Å². The van der Waals surface area contributed by atoms with Crippen LogP contribution < -0.4 is 19.7 Å². The van der Waals surface area contributed by atoms with Crippen molar-refractivity contribution in [1.82, 2.24) is 5.01 Å². The van der Waals surface area contributed by atoms with Crippen LogP contribution in [0.1, 0.15) is 5.56 Å². The van der Waals surface area contributed by atoms with E-state index in [0.717, 1.165) is 10.5 Å². The molecule has 1 saturated heterocycles. The maximum atomic E-state index is 13.0. The number of aryl methyl sites for hydroxylation is 1. The number of ether oxygens (including phenoxy) is 2. The van der Waals surface area contributed by atoms with Gasteiger partial charge in [0.1, 0.15) is 19.8 Å². The minimum Gasteiger partial charge on any atom is -0.486 e. The maximum Gasteiger partial charge on any atom is 0.263 e. The average Bonchev–Trinajstić information content (AvgIpc) is 3.29. The lowest BCUT2D eigenvalue weighted by atomic mass is 10.1. The van der Waals surface area contributed by atoms with E-state index in [9.17, 15) is 14.4 Å². The Kier molecular flexibility index (Phi) is 4.93. The number of anilines is 2. The van der Waals surface area contributed by atoms with Crippen LogP contribution in [0.15, 0.2) is 46.7 Å². The summed E-state index contributed by atoms with van der Waals surface area (Å²) in [4.78, 5) is 39.5. The van der Waals surface area contributed by atoms with Gasteiger partial charge in [-0.1, -0.05) is 22.9 Å². The van der Waals surface area contributed by atoms with Crippen molar-refractivity contribution in [3.63, 3.8) is 0 Å². The highest BCUT2D eigenvalue weighted by Crippen LogP contribution is 2.34. The normalized spacial score (nSPS) is 21.2. The van der Waals surface area contributed by atoms with E-state index in [1.165, 1.54) is 5.01 Å². The van der Waals surface area contributed by atoms with E-state index in [2.05, 4.69) is 15.7 Å². The molecule has 3 aliphatic rings. The van der Waals surface area contributed by atoms with Crippen molar-refractivity contribution in [1.29, 1.82) is 0 Å². The van der Waals surface area contributed by atoms with Crippen LogP contribution in [0.4, 0.5) is 11.4 Å². The molecule has 1 N–H and O–H groups in total. The van der Waals surface area contributed by atoms with Crippen molar-refractivity contribution in [3.8, 4) is 11.5 Å². The second-order valence-corrected chi connectivity index (χ2v) is 7.95. The van der Waals surface area contributed by atoms with Crippen LogP contribution in [-0.2, 0) is 14.4 Å². The largest absolute Gasteiger partial charge is 0.486 e. The fourth-order valence-corrected chi connectivity index (χ4v) is 3.97. The Labute approximate surface area is 187 Å². The first kappa shape index (κ1) is 20.3. The van der Waals surface area contributed by atoms with Gasteiger partial charge in [0.2, 0.25) is 5.91 Å². The fourth-order valence-electron chi connectivity index (χ4n) is 3.80. The van der Waals surface area contributed by atoms with Gasteiger partial charge >= 0.3 is 0 Å². The highest BCUT2D eigenvalue weighted by molar-refractivity contribution is 6.32. The molecule has 2 aromatic rings. The van der Waals surface area contributed by atoms with Crippen LogP contribution in [0.3, 0.4) is 0 Å². The van der Waals surface area contributed by atoms with Gasteiger partial charge in [-0.15, -0.1) is 0 Å². The number of hydrogen-bond donors (Lipinski definition) is 1. The quantitative estimate of drug-likeness (QED) is 0.708. The summed E-state index contributed by atoms with van der Waals surface area (Å²) in [7, 11) is 0. The van der Waals surface area contributed by atoms with Crippen molar-refractivity contribution in [3.05, 3.63) is 47.0 Å². The Balaban J connectivity index is 1.29. The molecule has 0 saturated carbocycles. The smallest absolute Gasteiger partial charge is 0.263 e. The molecule has 3 heterocycles. The van der Waals surface area contributed by atoms with E-state index in [1.807, 2.05) is 6.92 Å². The van der Waals surface area contributed by atoms with Gasteiger partial charge in [-0.3, -0.25) is 19.4 Å². The molecule has 5 rings (SSSR count). The van der Waals surface area contributed by atoms with Gasteiger partial charge in [0.25, 0.3) is 11.8 Å². The van der Waals surface area contributed by atoms with Crippen molar-refractivity contribution in [2.45, 2.75) is 19.0 Å². The Hall–Kier alpha value is -3.66. The predicted octanol–water partition coefficient (Wildman–Crippen LogP) is 2.35. The lowest BCUT2D eigenvalue weighted by Gasteiger charge is -2.21. The topological polar surface area (TPSA) is 113 Å². The first-order chi connectivity index (χ1) is 15.4. The Morgan fingerprint density at radius 3 is 2.69 bits per heavy atom. The summed E-state index contributed by atoms with van der Waals surface area (Å²) >= 11 is 6.16. The number of halogens is 1. The lowest BCUT2D eigenvalue weighted by molar-refractivity contribution is -0.123. The third-order valence-electron chi connectivity index (χ3n) is 5.40. The summed E-state index contributed by atoms with van der Waals surface area (Å²) < 4.78 is 11.0. The van der Waals surface area contributed by atoms with E-state index in [4.69, 9.17) is 21.1 Å². The van der Waals surface area contributed by atoms with Gasteiger partial charge in [0.05, 0.1) is 5.69 Å². The van der Waals surface area contributed by atoms with Crippen molar-refractivity contribution < 1.29 is 23.9 Å². The third-order valence-corrected chi connectivity index (χ3v) is 5.81. The number of fused-ring (bicyclic) bond motifs is 2. The molecule has 2 atom stereocenters. The Morgan fingerprint density at radius 1 is 1.12 bits per heavy atom. The molecule has 2 aromatic carbocycles. The summed E-state index contributed by atoms with van der Waals surface area (Å²) in [6.07, 6.45) is 0. The molecular formula is C21H18ClN5O5. The van der Waals surface area contributed by atoms with Crippen LogP contribution in [0, 0.1) is 6.92 Å². The number of hydrogen-bond acceptors (Lipinski definition) is 8. The molecule has 10 nitrogen and oxygen atoms in total. The van der Waals surface area contributed by atoms with Gasteiger partial charge < -0.3 is 14.8 Å². The van der Waals surface area contributed by atoms with Crippen molar-refractivity contribution in [2.24, 2.45) is 10.3 Å². The first-order valence-electron chi connectivity index (χ1n) is 9.93. The van der Waals surface area contributed by atoms with Gasteiger partial charge in [-0.2, -0.15) is 5.11 Å². The Morgan fingerprint density at radius 2 is 1.91 bits per heavy atom. The summed E-state index contributed by atoms with van der Waals surface area (Å²) in [5, 5.41) is 12.2. The Bertz CT molecular complexity index is 1170. The molecule has 32 heavy (non-hydrogen) atoms. The lowest BCUT2D eigenvalue weighted by Crippen LogP contribution is -2.43. The zero-order chi connectivity index (χ0) is 22.4. The minimum atomic E-state index is -0.996. The number of benzene rings is 2. The minimum absolute atomic E-state index is 0.249. The van der Waals surface area contributed by atoms with Gasteiger partial charge in [-0.25, -0.2) is 4.90 Å². The third kappa shape index (κ3) is 3.42. The average molecular weight is 456 g/mol. The van der Waals surface area contributed by atoms with Crippen molar-refractivity contribution in [2.75, 3.05) is 30.0 Å². The molecule has 3 amide bonds. The number of nitrogens with zero attached hydrogens (tertiary/aromatic N) is 4. The molecule has 164 valence electrons. The van der Waals surface area contributed by atoms with Crippen LogP contribution in [0.5, 0.6) is 11.5 Å². The molecule has 3 aliphatic heterocycles. The molecule has 0 aliphatic carbocycles. The zero-order valence-electron chi connectivity index (χ0n) is 16.9. The number of amides is 3. The number of imide groups is 1. The second-order valence-electron chi connectivity index (χ2n) is 7.54. The molecule has 0 unspecified atom stereocenters. The monoisotopic (exact) mass is 455 g/mol. The van der Waals surface area contributed by atoms with Gasteiger partial charge in [-0.05, 0) is 36.8 Å². The standard InChI is InChI=1S/C21H18ClN5O5/c1-11-2-4-13(9-14(11)22)27-20(29)18-19(21(27)30)26(25-24-18)10-17(28)23-12-3-5-15-16(8-12)32-7-6-31-15/h2-5,8-9,18-19H,6-7,10H2,1H3,(H,23,28)/t18-,19-/m0/s1. The SMILES string of the molecule is Cc1ccc(N2C(=O)[C@H]3N=NN(CC(=O)Nc4ccc5c(c4)OCCO5)[C@@H]3C2=O)cc1Cl. The predicted molar refractivity (Wildman–Crippen MR) is 114 cm³/mol. The number of rotatable bonds is 4. The van der Waals surface area contributed by atoms with E-state index in [0.29, 0.717) is 41.1 Å². The van der Waals surface area contributed by atoms with E-state index < -0.39 is 29.8 Å². The fraction of sp³-hybridized carbons (Fsp3) is 0.286. The summed E-state index contributed by atoms with van der Waals surface area (Å²) in [6.45, 7) is 2.48. The van der Waals surface area contributed by atoms with Gasteiger partial charge in [0.15, 0.2) is 23.6 Å². The molecule has 0 aromatic heterocycles. The summed E-state index contributed by atoms with van der Waals surface area (Å²) in [5.74, 6) is -0.274. The molecule has 1 fully saturated rings. The van der Waals surface area contributed by atoms with E-state index >= 15 is 0 Å². The molecular weight excluding hydrogens is 438 g/mol. The molecule has 0 spiro atoms. The number of nitrogens with one attached hydrogen (secondary N) is 1. The number of carbonyl (C=O) groups excluding carboxylic acids is 3. The summed E-state index contributed by atoms with van der Waals surface area (Å²) in [5.41, 5.74) is 1.70. The molecule has 0 radical (unpaired) electrons. The van der Waals surface area contributed by atoms with E-state index in [1.54, 1.807) is 36.4 Å². The van der Waals surface area contributed by atoms with Crippen LogP contribution in [-0.4, -0.2) is 54.6 Å². The van der Waals surface area contributed by atoms with Gasteiger partial charge in [0, 0.05) is 16.8 Å². The van der Waals surface area contributed by atoms with Crippen molar-refractivity contribution >= 4 is 40.7 Å². The highest BCUT2D eigenvalue weighted by Gasteiger charge is 2.55. The highest BCUT2D eigenvalue weighted by atomic mass is 35.5.